The molecule has 3 aromatic carbocycles. The fraction of sp³-hybridized carbons (Fsp3) is 0.182. The first-order valence-corrected chi connectivity index (χ1v) is 8.89. The van der Waals surface area contributed by atoms with Crippen LogP contribution in [0.15, 0.2) is 72.8 Å². The molecular formula is C22H18ClN. The lowest BCUT2D eigenvalue weighted by Crippen LogP contribution is -2.29. The molecule has 3 atom stereocenters. The predicted octanol–water partition coefficient (Wildman–Crippen LogP) is 6.32. The minimum absolute atomic E-state index is 0.294. The van der Waals surface area contributed by atoms with Crippen molar-refractivity contribution in [2.24, 2.45) is 5.92 Å². The lowest BCUT2D eigenvalue weighted by atomic mass is 9.77. The van der Waals surface area contributed by atoms with E-state index in [1.165, 1.54) is 21.9 Å². The molecular weight excluding hydrogens is 314 g/mol. The van der Waals surface area contributed by atoms with E-state index in [1.54, 1.807) is 0 Å². The number of hydrogen-bond donors (Lipinski definition) is 1. The van der Waals surface area contributed by atoms with Crippen molar-refractivity contribution in [3.05, 3.63) is 89.0 Å². The Bertz CT molecular complexity index is 959. The number of halogens is 1. The standard InChI is InChI=1S/C22H18ClN/c23-20-10-4-9-19-17-7-3-8-18(17)21(24-22(19)20)16-12-11-14-5-1-2-6-15(14)13-16/h1-7,9-13,17-18,21,24H,8H2. The fourth-order valence-corrected chi connectivity index (χ4v) is 4.55. The molecule has 118 valence electrons. The van der Waals surface area contributed by atoms with Gasteiger partial charge in [-0.05, 0) is 46.4 Å². The quantitative estimate of drug-likeness (QED) is 0.514. The van der Waals surface area contributed by atoms with E-state index >= 15 is 0 Å². The number of fused-ring (bicyclic) bond motifs is 4. The number of benzene rings is 3. The monoisotopic (exact) mass is 331 g/mol. The first kappa shape index (κ1) is 14.1. The SMILES string of the molecule is Clc1cccc2c1NC(c1ccc3ccccc3c1)C1CC=CC21. The molecule has 1 heterocycles. The van der Waals surface area contributed by atoms with Gasteiger partial charge in [0, 0.05) is 5.92 Å². The van der Waals surface area contributed by atoms with E-state index < -0.39 is 0 Å². The van der Waals surface area contributed by atoms with Gasteiger partial charge < -0.3 is 5.32 Å². The van der Waals surface area contributed by atoms with Crippen molar-refractivity contribution in [1.29, 1.82) is 0 Å². The number of nitrogens with one attached hydrogen (secondary N) is 1. The third-order valence-electron chi connectivity index (χ3n) is 5.48. The normalized spacial score (nSPS) is 24.5. The number of rotatable bonds is 1. The molecule has 0 bridgehead atoms. The summed E-state index contributed by atoms with van der Waals surface area (Å²) < 4.78 is 0. The summed E-state index contributed by atoms with van der Waals surface area (Å²) in [6.45, 7) is 0. The van der Waals surface area contributed by atoms with E-state index in [-0.39, 0.29) is 0 Å². The molecule has 0 radical (unpaired) electrons. The van der Waals surface area contributed by atoms with E-state index in [9.17, 15) is 0 Å². The molecule has 0 saturated carbocycles. The van der Waals surface area contributed by atoms with Gasteiger partial charge in [-0.3, -0.25) is 0 Å². The maximum Gasteiger partial charge on any atom is 0.0640 e. The second kappa shape index (κ2) is 5.39. The zero-order chi connectivity index (χ0) is 16.1. The highest BCUT2D eigenvalue weighted by atomic mass is 35.5. The smallest absolute Gasteiger partial charge is 0.0640 e. The topological polar surface area (TPSA) is 12.0 Å². The van der Waals surface area contributed by atoms with E-state index in [4.69, 9.17) is 11.6 Å². The molecule has 2 aliphatic rings. The summed E-state index contributed by atoms with van der Waals surface area (Å²) in [5, 5.41) is 7.15. The Hall–Kier alpha value is -2.25. The Balaban J connectivity index is 1.64. The van der Waals surface area contributed by atoms with Crippen molar-refractivity contribution in [3.8, 4) is 0 Å². The van der Waals surface area contributed by atoms with Gasteiger partial charge in [-0.2, -0.15) is 0 Å². The van der Waals surface area contributed by atoms with Crippen LogP contribution in [-0.2, 0) is 0 Å². The van der Waals surface area contributed by atoms with Crippen LogP contribution in [0.5, 0.6) is 0 Å². The Labute approximate surface area is 147 Å². The largest absolute Gasteiger partial charge is 0.376 e. The van der Waals surface area contributed by atoms with Crippen molar-refractivity contribution in [1.82, 2.24) is 0 Å². The van der Waals surface area contributed by atoms with Gasteiger partial charge in [-0.25, -0.2) is 0 Å². The van der Waals surface area contributed by atoms with Crippen LogP contribution in [0.2, 0.25) is 5.02 Å². The maximum absolute atomic E-state index is 6.49. The fourth-order valence-electron chi connectivity index (χ4n) is 4.31. The van der Waals surface area contributed by atoms with Gasteiger partial charge in [-0.1, -0.05) is 72.3 Å². The first-order chi connectivity index (χ1) is 11.8. The minimum atomic E-state index is 0.294. The maximum atomic E-state index is 6.49. The second-order valence-corrected chi connectivity index (χ2v) is 7.19. The molecule has 5 rings (SSSR count). The molecule has 1 aliphatic carbocycles. The Kier molecular flexibility index (Phi) is 3.17. The van der Waals surface area contributed by atoms with Crippen molar-refractivity contribution < 1.29 is 0 Å². The predicted molar refractivity (Wildman–Crippen MR) is 102 cm³/mol. The lowest BCUT2D eigenvalue weighted by Gasteiger charge is -2.38. The Morgan fingerprint density at radius 3 is 2.71 bits per heavy atom. The van der Waals surface area contributed by atoms with E-state index in [2.05, 4.69) is 72.1 Å². The number of hydrogen-bond acceptors (Lipinski definition) is 1. The van der Waals surface area contributed by atoms with Crippen LogP contribution < -0.4 is 5.32 Å². The second-order valence-electron chi connectivity index (χ2n) is 6.79. The van der Waals surface area contributed by atoms with E-state index in [0.29, 0.717) is 17.9 Å². The van der Waals surface area contributed by atoms with Crippen LogP contribution in [0, 0.1) is 5.92 Å². The molecule has 3 aromatic rings. The van der Waals surface area contributed by atoms with Crippen LogP contribution in [0.3, 0.4) is 0 Å². The van der Waals surface area contributed by atoms with Gasteiger partial charge in [0.25, 0.3) is 0 Å². The summed E-state index contributed by atoms with van der Waals surface area (Å²) in [6, 6.07) is 21.9. The molecule has 0 amide bonds. The molecule has 3 unspecified atom stereocenters. The van der Waals surface area contributed by atoms with Crippen LogP contribution in [0.25, 0.3) is 10.8 Å². The zero-order valence-corrected chi connectivity index (χ0v) is 14.0. The molecule has 0 spiro atoms. The van der Waals surface area contributed by atoms with Crippen LogP contribution in [0.4, 0.5) is 5.69 Å². The van der Waals surface area contributed by atoms with Gasteiger partial charge in [0.1, 0.15) is 0 Å². The Morgan fingerprint density at radius 1 is 0.917 bits per heavy atom. The summed E-state index contributed by atoms with van der Waals surface area (Å²) in [5.41, 5.74) is 3.78. The molecule has 0 aromatic heterocycles. The third-order valence-corrected chi connectivity index (χ3v) is 5.79. The zero-order valence-electron chi connectivity index (χ0n) is 13.2. The molecule has 1 nitrogen and oxygen atoms in total. The van der Waals surface area contributed by atoms with Gasteiger partial charge in [0.15, 0.2) is 0 Å². The minimum Gasteiger partial charge on any atom is -0.376 e. The van der Waals surface area contributed by atoms with Gasteiger partial charge in [0.05, 0.1) is 16.8 Å². The molecule has 0 saturated heterocycles. The average molecular weight is 332 g/mol. The highest BCUT2D eigenvalue weighted by molar-refractivity contribution is 6.33. The third kappa shape index (κ3) is 2.08. The van der Waals surface area contributed by atoms with Gasteiger partial charge >= 0.3 is 0 Å². The summed E-state index contributed by atoms with van der Waals surface area (Å²) in [5.74, 6) is 1.01. The summed E-state index contributed by atoms with van der Waals surface area (Å²) in [6.07, 6.45) is 5.79. The molecule has 2 heteroatoms. The van der Waals surface area contributed by atoms with Crippen molar-refractivity contribution >= 4 is 28.1 Å². The molecule has 1 aliphatic heterocycles. The van der Waals surface area contributed by atoms with Crippen molar-refractivity contribution in [2.75, 3.05) is 5.32 Å². The molecule has 0 fully saturated rings. The van der Waals surface area contributed by atoms with Gasteiger partial charge in [0.2, 0.25) is 0 Å². The first-order valence-electron chi connectivity index (χ1n) is 8.51. The van der Waals surface area contributed by atoms with Crippen molar-refractivity contribution in [2.45, 2.75) is 18.4 Å². The van der Waals surface area contributed by atoms with E-state index in [1.807, 2.05) is 6.07 Å². The number of allylic oxidation sites excluding steroid dienone is 2. The lowest BCUT2D eigenvalue weighted by molar-refractivity contribution is 0.426. The molecule has 24 heavy (non-hydrogen) atoms. The highest BCUT2D eigenvalue weighted by Gasteiger charge is 2.38. The van der Waals surface area contributed by atoms with Crippen molar-refractivity contribution in [3.63, 3.8) is 0 Å². The molecule has 1 N–H and O–H groups in total. The Morgan fingerprint density at radius 2 is 1.79 bits per heavy atom. The number of para-hydroxylation sites is 1. The average Bonchev–Trinajstić information content (AvgIpc) is 3.11. The number of anilines is 1. The highest BCUT2D eigenvalue weighted by Crippen LogP contribution is 2.51. The summed E-state index contributed by atoms with van der Waals surface area (Å²) >= 11 is 6.49. The van der Waals surface area contributed by atoms with Crippen LogP contribution in [0.1, 0.15) is 29.5 Å². The summed E-state index contributed by atoms with van der Waals surface area (Å²) in [4.78, 5) is 0. The van der Waals surface area contributed by atoms with Crippen LogP contribution >= 0.6 is 11.6 Å². The summed E-state index contributed by atoms with van der Waals surface area (Å²) in [7, 11) is 0. The van der Waals surface area contributed by atoms with E-state index in [0.717, 1.165) is 17.1 Å². The van der Waals surface area contributed by atoms with Crippen LogP contribution in [-0.4, -0.2) is 0 Å². The van der Waals surface area contributed by atoms with Gasteiger partial charge in [-0.15, -0.1) is 0 Å².